The van der Waals surface area contributed by atoms with Crippen molar-refractivity contribution in [1.82, 2.24) is 15.5 Å². The molecule has 2 aromatic carbocycles. The molecular weight excluding hydrogens is 390 g/mol. The largest absolute Gasteiger partial charge is 0.439 e. The number of carbonyl (C=O) groups excluding carboxylic acids is 1. The summed E-state index contributed by atoms with van der Waals surface area (Å²) in [6.07, 6.45) is 1.46. The van der Waals surface area contributed by atoms with E-state index in [-0.39, 0.29) is 12.5 Å². The van der Waals surface area contributed by atoms with E-state index in [2.05, 4.69) is 15.5 Å². The number of pyridine rings is 1. The van der Waals surface area contributed by atoms with Gasteiger partial charge in [-0.3, -0.25) is 4.79 Å². The van der Waals surface area contributed by atoms with Crippen LogP contribution >= 0.6 is 11.6 Å². The van der Waals surface area contributed by atoms with Crippen LogP contribution in [0.4, 0.5) is 0 Å². The van der Waals surface area contributed by atoms with Gasteiger partial charge < -0.3 is 14.6 Å². The third kappa shape index (κ3) is 4.62. The Morgan fingerprint density at radius 2 is 1.83 bits per heavy atom. The summed E-state index contributed by atoms with van der Waals surface area (Å²) >= 11 is 6.17. The molecule has 0 unspecified atom stereocenters. The lowest BCUT2D eigenvalue weighted by Crippen LogP contribution is -2.22. The SMILES string of the molecule is O=C(NCc1cc(-c2ccccc2Cl)no1)c1ccc(Oc2ccccc2)nc1. The van der Waals surface area contributed by atoms with Gasteiger partial charge in [0.2, 0.25) is 5.88 Å². The number of para-hydroxylation sites is 1. The number of amides is 1. The van der Waals surface area contributed by atoms with Gasteiger partial charge in [0, 0.05) is 23.9 Å². The van der Waals surface area contributed by atoms with E-state index < -0.39 is 0 Å². The minimum atomic E-state index is -0.278. The van der Waals surface area contributed by atoms with Crippen LogP contribution in [-0.2, 0) is 6.54 Å². The van der Waals surface area contributed by atoms with Crippen molar-refractivity contribution in [2.24, 2.45) is 0 Å². The summed E-state index contributed by atoms with van der Waals surface area (Å²) in [6.45, 7) is 0.193. The molecule has 1 amide bonds. The molecule has 0 saturated heterocycles. The standard InChI is InChI=1S/C22H16ClN3O3/c23-19-9-5-4-8-18(19)20-12-17(29-26-20)14-25-22(27)15-10-11-21(24-13-15)28-16-6-2-1-3-7-16/h1-13H,14H2,(H,25,27). The highest BCUT2D eigenvalue weighted by Gasteiger charge is 2.12. The third-order valence-electron chi connectivity index (χ3n) is 4.10. The number of halogens is 1. The fraction of sp³-hybridized carbons (Fsp3) is 0.0455. The number of nitrogens with zero attached hydrogens (tertiary/aromatic N) is 2. The lowest BCUT2D eigenvalue weighted by molar-refractivity contribution is 0.0946. The zero-order chi connectivity index (χ0) is 20.1. The second-order valence-corrected chi connectivity index (χ2v) is 6.55. The minimum Gasteiger partial charge on any atom is -0.439 e. The summed E-state index contributed by atoms with van der Waals surface area (Å²) in [5.74, 6) is 1.33. The molecule has 0 aliphatic rings. The second-order valence-electron chi connectivity index (χ2n) is 6.14. The normalized spacial score (nSPS) is 10.5. The molecule has 2 aromatic heterocycles. The van der Waals surface area contributed by atoms with E-state index in [1.165, 1.54) is 6.20 Å². The number of benzene rings is 2. The van der Waals surface area contributed by atoms with Crippen LogP contribution in [0.15, 0.2) is 83.5 Å². The monoisotopic (exact) mass is 405 g/mol. The second kappa shape index (κ2) is 8.58. The summed E-state index contributed by atoms with van der Waals surface area (Å²) in [4.78, 5) is 16.5. The van der Waals surface area contributed by atoms with Crippen LogP contribution in [0.3, 0.4) is 0 Å². The van der Waals surface area contributed by atoms with Gasteiger partial charge in [-0.2, -0.15) is 0 Å². The number of hydrogen-bond acceptors (Lipinski definition) is 5. The molecule has 6 nitrogen and oxygen atoms in total. The molecule has 0 atom stereocenters. The van der Waals surface area contributed by atoms with Crippen molar-refractivity contribution in [1.29, 1.82) is 0 Å². The van der Waals surface area contributed by atoms with Gasteiger partial charge in [0.25, 0.3) is 5.91 Å². The summed E-state index contributed by atoms with van der Waals surface area (Å²) in [5.41, 5.74) is 1.80. The molecule has 7 heteroatoms. The van der Waals surface area contributed by atoms with Gasteiger partial charge in [-0.15, -0.1) is 0 Å². The summed E-state index contributed by atoms with van der Waals surface area (Å²) < 4.78 is 10.9. The minimum absolute atomic E-state index is 0.193. The van der Waals surface area contributed by atoms with Crippen LogP contribution in [-0.4, -0.2) is 16.0 Å². The van der Waals surface area contributed by atoms with Crippen LogP contribution in [0, 0.1) is 0 Å². The van der Waals surface area contributed by atoms with Gasteiger partial charge in [0.15, 0.2) is 5.76 Å². The fourth-order valence-electron chi connectivity index (χ4n) is 2.65. The van der Waals surface area contributed by atoms with E-state index >= 15 is 0 Å². The van der Waals surface area contributed by atoms with Gasteiger partial charge in [-0.1, -0.05) is 53.2 Å². The van der Waals surface area contributed by atoms with Crippen molar-refractivity contribution in [2.45, 2.75) is 6.54 Å². The van der Waals surface area contributed by atoms with E-state index in [1.807, 2.05) is 48.5 Å². The van der Waals surface area contributed by atoms with Crippen molar-refractivity contribution in [3.05, 3.63) is 95.3 Å². The Bertz CT molecular complexity index is 1110. The van der Waals surface area contributed by atoms with Crippen molar-refractivity contribution < 1.29 is 14.1 Å². The zero-order valence-corrected chi connectivity index (χ0v) is 16.0. The molecule has 29 heavy (non-hydrogen) atoms. The molecule has 2 heterocycles. The highest BCUT2D eigenvalue weighted by atomic mass is 35.5. The Balaban J connectivity index is 1.36. The average Bonchev–Trinajstić information content (AvgIpc) is 3.22. The fourth-order valence-corrected chi connectivity index (χ4v) is 2.88. The summed E-state index contributed by atoms with van der Waals surface area (Å²) in [6, 6.07) is 21.7. The number of ether oxygens (including phenoxy) is 1. The maximum absolute atomic E-state index is 12.3. The smallest absolute Gasteiger partial charge is 0.253 e. The highest BCUT2D eigenvalue weighted by molar-refractivity contribution is 6.33. The number of aromatic nitrogens is 2. The van der Waals surface area contributed by atoms with Gasteiger partial charge >= 0.3 is 0 Å². The molecular formula is C22H16ClN3O3. The topological polar surface area (TPSA) is 77.2 Å². The van der Waals surface area contributed by atoms with E-state index in [0.29, 0.717) is 33.7 Å². The molecule has 0 aliphatic heterocycles. The zero-order valence-electron chi connectivity index (χ0n) is 15.2. The number of nitrogens with one attached hydrogen (secondary N) is 1. The molecule has 4 aromatic rings. The van der Waals surface area contributed by atoms with Crippen LogP contribution in [0.2, 0.25) is 5.02 Å². The van der Waals surface area contributed by atoms with Crippen molar-refractivity contribution >= 4 is 17.5 Å². The van der Waals surface area contributed by atoms with E-state index in [9.17, 15) is 4.79 Å². The van der Waals surface area contributed by atoms with E-state index in [4.69, 9.17) is 20.9 Å². The Kier molecular flexibility index (Phi) is 5.54. The molecule has 1 N–H and O–H groups in total. The summed E-state index contributed by atoms with van der Waals surface area (Å²) in [7, 11) is 0. The Morgan fingerprint density at radius 1 is 1.03 bits per heavy atom. The first-order valence-corrected chi connectivity index (χ1v) is 9.24. The highest BCUT2D eigenvalue weighted by Crippen LogP contribution is 2.27. The van der Waals surface area contributed by atoms with Crippen molar-refractivity contribution in [3.63, 3.8) is 0 Å². The van der Waals surface area contributed by atoms with Gasteiger partial charge in [-0.25, -0.2) is 4.98 Å². The van der Waals surface area contributed by atoms with Crippen molar-refractivity contribution in [3.8, 4) is 22.9 Å². The number of hydrogen-bond donors (Lipinski definition) is 1. The first kappa shape index (κ1) is 18.7. The molecule has 0 aliphatic carbocycles. The molecule has 0 spiro atoms. The number of rotatable bonds is 6. The molecule has 0 radical (unpaired) electrons. The molecule has 0 saturated carbocycles. The third-order valence-corrected chi connectivity index (χ3v) is 4.43. The van der Waals surface area contributed by atoms with Crippen LogP contribution in [0.25, 0.3) is 11.3 Å². The van der Waals surface area contributed by atoms with E-state index in [1.54, 1.807) is 24.3 Å². The predicted octanol–water partition coefficient (Wildman–Crippen LogP) is 5.11. The van der Waals surface area contributed by atoms with Gasteiger partial charge in [-0.05, 0) is 24.3 Å². The first-order chi connectivity index (χ1) is 14.2. The predicted molar refractivity (Wildman–Crippen MR) is 109 cm³/mol. The maximum Gasteiger partial charge on any atom is 0.253 e. The van der Waals surface area contributed by atoms with Crippen LogP contribution in [0.1, 0.15) is 16.1 Å². The maximum atomic E-state index is 12.3. The Morgan fingerprint density at radius 3 is 2.59 bits per heavy atom. The van der Waals surface area contributed by atoms with Crippen molar-refractivity contribution in [2.75, 3.05) is 0 Å². The van der Waals surface area contributed by atoms with Crippen LogP contribution in [0.5, 0.6) is 11.6 Å². The Hall–Kier alpha value is -3.64. The quantitative estimate of drug-likeness (QED) is 0.482. The van der Waals surface area contributed by atoms with Gasteiger partial charge in [0.1, 0.15) is 11.4 Å². The lowest BCUT2D eigenvalue weighted by Gasteiger charge is -2.06. The first-order valence-electron chi connectivity index (χ1n) is 8.87. The van der Waals surface area contributed by atoms with Gasteiger partial charge in [0.05, 0.1) is 17.1 Å². The van der Waals surface area contributed by atoms with E-state index in [0.717, 1.165) is 5.56 Å². The molecule has 0 fully saturated rings. The van der Waals surface area contributed by atoms with Crippen LogP contribution < -0.4 is 10.1 Å². The average molecular weight is 406 g/mol. The summed E-state index contributed by atoms with van der Waals surface area (Å²) in [5, 5.41) is 7.37. The molecule has 4 rings (SSSR count). The Labute approximate surface area is 172 Å². The molecule has 144 valence electrons. The number of carbonyl (C=O) groups is 1. The molecule has 0 bridgehead atoms. The lowest BCUT2D eigenvalue weighted by atomic mass is 10.1.